The average molecular weight is 349 g/mol. The van der Waals surface area contributed by atoms with Crippen LogP contribution in [0.25, 0.3) is 0 Å². The van der Waals surface area contributed by atoms with Gasteiger partial charge in [-0.15, -0.1) is 0 Å². The lowest BCUT2D eigenvalue weighted by Gasteiger charge is -2.26. The van der Waals surface area contributed by atoms with Gasteiger partial charge in [-0.1, -0.05) is 11.6 Å². The van der Waals surface area contributed by atoms with Gasteiger partial charge in [0.25, 0.3) is 0 Å². The van der Waals surface area contributed by atoms with Crippen molar-refractivity contribution in [2.24, 2.45) is 0 Å². The van der Waals surface area contributed by atoms with Gasteiger partial charge >= 0.3 is 6.18 Å². The maximum Gasteiger partial charge on any atom is 0.416 e. The molecular weight excluding hydrogens is 333 g/mol. The SMILES string of the molecule is O=C(CC(=O)N1CCCCC1)Nc1cc(C(F)(F)F)ccc1Cl. The summed E-state index contributed by atoms with van der Waals surface area (Å²) in [6.45, 7) is 1.22. The van der Waals surface area contributed by atoms with Crippen LogP contribution in [0, 0.1) is 0 Å². The highest BCUT2D eigenvalue weighted by atomic mass is 35.5. The fourth-order valence-corrected chi connectivity index (χ4v) is 2.55. The summed E-state index contributed by atoms with van der Waals surface area (Å²) in [5.74, 6) is -1.01. The molecular formula is C15H16ClF3N2O2. The van der Waals surface area contributed by atoms with Crippen LogP contribution in [-0.4, -0.2) is 29.8 Å². The first-order valence-electron chi connectivity index (χ1n) is 7.22. The van der Waals surface area contributed by atoms with E-state index in [1.165, 1.54) is 0 Å². The van der Waals surface area contributed by atoms with E-state index in [1.807, 2.05) is 0 Å². The normalized spacial score (nSPS) is 15.4. The minimum atomic E-state index is -4.53. The lowest BCUT2D eigenvalue weighted by Crippen LogP contribution is -2.37. The molecule has 1 aliphatic rings. The van der Waals surface area contributed by atoms with Gasteiger partial charge < -0.3 is 10.2 Å². The first kappa shape index (κ1) is 17.6. The molecule has 23 heavy (non-hydrogen) atoms. The quantitative estimate of drug-likeness (QED) is 0.847. The largest absolute Gasteiger partial charge is 0.416 e. The third-order valence-electron chi connectivity index (χ3n) is 3.59. The van der Waals surface area contributed by atoms with Crippen LogP contribution in [0.1, 0.15) is 31.2 Å². The highest BCUT2D eigenvalue weighted by Crippen LogP contribution is 2.33. The van der Waals surface area contributed by atoms with Crippen molar-refractivity contribution in [3.8, 4) is 0 Å². The number of rotatable bonds is 3. The summed E-state index contributed by atoms with van der Waals surface area (Å²) >= 11 is 5.80. The van der Waals surface area contributed by atoms with Crippen molar-refractivity contribution in [3.63, 3.8) is 0 Å². The topological polar surface area (TPSA) is 49.4 Å². The molecule has 1 N–H and O–H groups in total. The monoisotopic (exact) mass is 348 g/mol. The van der Waals surface area contributed by atoms with Crippen LogP contribution in [0.5, 0.6) is 0 Å². The van der Waals surface area contributed by atoms with E-state index in [0.717, 1.165) is 37.5 Å². The molecule has 2 amide bonds. The molecule has 0 bridgehead atoms. The molecule has 8 heteroatoms. The third-order valence-corrected chi connectivity index (χ3v) is 3.92. The van der Waals surface area contributed by atoms with Crippen molar-refractivity contribution in [2.45, 2.75) is 31.9 Å². The van der Waals surface area contributed by atoms with Gasteiger partial charge in [0.1, 0.15) is 6.42 Å². The number of hydrogen-bond acceptors (Lipinski definition) is 2. The molecule has 1 saturated heterocycles. The molecule has 0 aliphatic carbocycles. The van der Waals surface area contributed by atoms with Crippen molar-refractivity contribution in [1.29, 1.82) is 0 Å². The predicted octanol–water partition coefficient (Wildman–Crippen LogP) is 3.70. The van der Waals surface area contributed by atoms with E-state index in [9.17, 15) is 22.8 Å². The second-order valence-electron chi connectivity index (χ2n) is 5.36. The number of nitrogens with one attached hydrogen (secondary N) is 1. The van der Waals surface area contributed by atoms with Gasteiger partial charge in [-0.25, -0.2) is 0 Å². The number of hydrogen-bond donors (Lipinski definition) is 1. The minimum absolute atomic E-state index is 0.0169. The molecule has 0 spiro atoms. The van der Waals surface area contributed by atoms with E-state index in [2.05, 4.69) is 5.32 Å². The van der Waals surface area contributed by atoms with Crippen LogP contribution >= 0.6 is 11.6 Å². The molecule has 0 atom stereocenters. The fourth-order valence-electron chi connectivity index (χ4n) is 2.38. The Morgan fingerprint density at radius 1 is 1.17 bits per heavy atom. The Labute approximate surface area is 136 Å². The molecule has 126 valence electrons. The van der Waals surface area contributed by atoms with Crippen LogP contribution in [0.3, 0.4) is 0 Å². The Balaban J connectivity index is 2.00. The van der Waals surface area contributed by atoms with E-state index >= 15 is 0 Å². The molecule has 0 radical (unpaired) electrons. The van der Waals surface area contributed by atoms with Crippen molar-refractivity contribution < 1.29 is 22.8 Å². The number of amides is 2. The van der Waals surface area contributed by atoms with Crippen LogP contribution in [0.2, 0.25) is 5.02 Å². The molecule has 0 aromatic heterocycles. The van der Waals surface area contributed by atoms with Crippen LogP contribution in [0.15, 0.2) is 18.2 Å². The van der Waals surface area contributed by atoms with Gasteiger partial charge in [-0.05, 0) is 37.5 Å². The number of piperidine rings is 1. The van der Waals surface area contributed by atoms with E-state index in [4.69, 9.17) is 11.6 Å². The highest BCUT2D eigenvalue weighted by Gasteiger charge is 2.31. The Morgan fingerprint density at radius 3 is 2.43 bits per heavy atom. The number of carbonyl (C=O) groups is 2. The van der Waals surface area contributed by atoms with E-state index in [0.29, 0.717) is 13.1 Å². The number of benzene rings is 1. The summed E-state index contributed by atoms with van der Waals surface area (Å²) in [5.41, 5.74) is -1.07. The third kappa shape index (κ3) is 4.86. The molecule has 0 saturated carbocycles. The zero-order valence-electron chi connectivity index (χ0n) is 12.3. The van der Waals surface area contributed by atoms with Gasteiger partial charge in [-0.3, -0.25) is 9.59 Å². The zero-order valence-corrected chi connectivity index (χ0v) is 13.0. The lowest BCUT2D eigenvalue weighted by molar-refractivity contribution is -0.138. The lowest BCUT2D eigenvalue weighted by atomic mass is 10.1. The molecule has 1 heterocycles. The maximum atomic E-state index is 12.7. The number of carbonyl (C=O) groups excluding carboxylic acids is 2. The van der Waals surface area contributed by atoms with Crippen LogP contribution in [-0.2, 0) is 15.8 Å². The molecule has 0 unspecified atom stereocenters. The Kier molecular flexibility index (Phi) is 5.51. The van der Waals surface area contributed by atoms with Gasteiger partial charge in [0.05, 0.1) is 16.3 Å². The molecule has 1 aromatic carbocycles. The summed E-state index contributed by atoms with van der Waals surface area (Å²) in [4.78, 5) is 25.4. The van der Waals surface area contributed by atoms with E-state index in [-0.39, 0.29) is 16.6 Å². The minimum Gasteiger partial charge on any atom is -0.342 e. The van der Waals surface area contributed by atoms with Crippen LogP contribution in [0.4, 0.5) is 18.9 Å². The van der Waals surface area contributed by atoms with Crippen molar-refractivity contribution in [1.82, 2.24) is 4.90 Å². The predicted molar refractivity (Wildman–Crippen MR) is 80.1 cm³/mol. The van der Waals surface area contributed by atoms with Gasteiger partial charge in [0, 0.05) is 13.1 Å². The second-order valence-corrected chi connectivity index (χ2v) is 5.77. The molecule has 1 aliphatic heterocycles. The van der Waals surface area contributed by atoms with Crippen molar-refractivity contribution >= 4 is 29.1 Å². The van der Waals surface area contributed by atoms with Gasteiger partial charge in [0.2, 0.25) is 11.8 Å². The summed E-state index contributed by atoms with van der Waals surface area (Å²) < 4.78 is 38.0. The second kappa shape index (κ2) is 7.21. The smallest absolute Gasteiger partial charge is 0.342 e. The fraction of sp³-hybridized carbons (Fsp3) is 0.467. The summed E-state index contributed by atoms with van der Waals surface area (Å²) in [7, 11) is 0. The number of nitrogens with zero attached hydrogens (tertiary/aromatic N) is 1. The first-order valence-corrected chi connectivity index (χ1v) is 7.59. The molecule has 1 aromatic rings. The van der Waals surface area contributed by atoms with Crippen LogP contribution < -0.4 is 5.32 Å². The molecule has 1 fully saturated rings. The highest BCUT2D eigenvalue weighted by molar-refractivity contribution is 6.33. The van der Waals surface area contributed by atoms with E-state index < -0.39 is 24.1 Å². The van der Waals surface area contributed by atoms with Crippen molar-refractivity contribution in [3.05, 3.63) is 28.8 Å². The van der Waals surface area contributed by atoms with E-state index in [1.54, 1.807) is 4.90 Å². The number of likely N-dealkylation sites (tertiary alicyclic amines) is 1. The Bertz CT molecular complexity index is 599. The number of anilines is 1. The maximum absolute atomic E-state index is 12.7. The average Bonchev–Trinajstić information content (AvgIpc) is 2.49. The summed E-state index contributed by atoms with van der Waals surface area (Å²) in [6, 6.07) is 2.65. The zero-order chi connectivity index (χ0) is 17.0. The van der Waals surface area contributed by atoms with Crippen molar-refractivity contribution in [2.75, 3.05) is 18.4 Å². The van der Waals surface area contributed by atoms with Gasteiger partial charge in [-0.2, -0.15) is 13.2 Å². The van der Waals surface area contributed by atoms with Gasteiger partial charge in [0.15, 0.2) is 0 Å². The summed E-state index contributed by atoms with van der Waals surface area (Å²) in [6.07, 6.45) is -2.10. The Morgan fingerprint density at radius 2 is 1.83 bits per heavy atom. The Hall–Kier alpha value is -1.76. The molecule has 4 nitrogen and oxygen atoms in total. The number of halogens is 4. The summed E-state index contributed by atoms with van der Waals surface area (Å²) in [5, 5.41) is 2.26. The standard InChI is InChI=1S/C15H16ClF3N2O2/c16-11-5-4-10(15(17,18)19)8-12(11)20-13(22)9-14(23)21-6-2-1-3-7-21/h4-5,8H,1-3,6-7,9H2,(H,20,22). The number of alkyl halides is 3. The first-order chi connectivity index (χ1) is 10.8. The molecule has 2 rings (SSSR count).